The molecule has 0 aromatic rings. The molecule has 4 nitrogen and oxygen atoms in total. The molecule has 1 unspecified atom stereocenters. The van der Waals surface area contributed by atoms with E-state index in [4.69, 9.17) is 10.5 Å². The first kappa shape index (κ1) is 14.2. The van der Waals surface area contributed by atoms with Crippen LogP contribution in [0.4, 0.5) is 4.79 Å². The lowest BCUT2D eigenvalue weighted by Gasteiger charge is -2.23. The average Bonchev–Trinajstić information content (AvgIpc) is 1.98. The van der Waals surface area contributed by atoms with E-state index in [1.165, 1.54) is 0 Å². The highest BCUT2D eigenvalue weighted by atomic mass is 16.6. The Morgan fingerprint density at radius 2 is 1.93 bits per heavy atom. The minimum absolute atomic E-state index is 0.188. The lowest BCUT2D eigenvalue weighted by Crippen LogP contribution is -2.43. The van der Waals surface area contributed by atoms with Crippen molar-refractivity contribution < 1.29 is 9.53 Å². The predicted molar refractivity (Wildman–Crippen MR) is 61.7 cm³/mol. The first-order valence-corrected chi connectivity index (χ1v) is 5.43. The highest BCUT2D eigenvalue weighted by Crippen LogP contribution is 2.08. The molecular formula is C11H24N2O2. The zero-order valence-electron chi connectivity index (χ0n) is 10.5. The van der Waals surface area contributed by atoms with Gasteiger partial charge in [0, 0.05) is 12.1 Å². The third-order valence-electron chi connectivity index (χ3n) is 1.75. The Balaban J connectivity index is 4.02. The molecule has 0 aliphatic carbocycles. The number of rotatable bonds is 4. The Bertz CT molecular complexity index is 197. The molecule has 0 aliphatic heterocycles. The maximum Gasteiger partial charge on any atom is 0.407 e. The molecule has 0 fully saturated rings. The summed E-state index contributed by atoms with van der Waals surface area (Å²) < 4.78 is 5.21. The summed E-state index contributed by atoms with van der Waals surface area (Å²) in [4.78, 5) is 11.4. The number of amides is 1. The van der Waals surface area contributed by atoms with E-state index >= 15 is 0 Å². The van der Waals surface area contributed by atoms with Crippen molar-refractivity contribution >= 4 is 6.09 Å². The number of hydrogen-bond donors (Lipinski definition) is 2. The highest BCUT2D eigenvalue weighted by Gasteiger charge is 2.18. The molecule has 0 spiro atoms. The van der Waals surface area contributed by atoms with Crippen LogP contribution >= 0.6 is 0 Å². The molecule has 4 heteroatoms. The Kier molecular flexibility index (Phi) is 5.65. The summed E-state index contributed by atoms with van der Waals surface area (Å²) in [5.41, 5.74) is 5.26. The molecule has 0 saturated heterocycles. The van der Waals surface area contributed by atoms with Gasteiger partial charge in [0.15, 0.2) is 0 Å². The topological polar surface area (TPSA) is 64.3 Å². The maximum absolute atomic E-state index is 11.4. The molecule has 15 heavy (non-hydrogen) atoms. The number of hydrogen-bond acceptors (Lipinski definition) is 3. The van der Waals surface area contributed by atoms with Gasteiger partial charge >= 0.3 is 6.09 Å². The van der Waals surface area contributed by atoms with Crippen molar-refractivity contribution in [2.45, 2.75) is 52.7 Å². The number of alkyl carbamates (subject to hydrolysis) is 1. The van der Waals surface area contributed by atoms with Crippen LogP contribution in [-0.2, 0) is 4.74 Å². The zero-order valence-corrected chi connectivity index (χ0v) is 10.5. The van der Waals surface area contributed by atoms with Gasteiger partial charge in [0.1, 0.15) is 6.10 Å². The molecule has 90 valence electrons. The van der Waals surface area contributed by atoms with E-state index in [1.54, 1.807) is 0 Å². The third-order valence-corrected chi connectivity index (χ3v) is 1.75. The van der Waals surface area contributed by atoms with Crippen LogP contribution in [0.2, 0.25) is 0 Å². The van der Waals surface area contributed by atoms with E-state index in [2.05, 4.69) is 19.2 Å². The third kappa shape index (κ3) is 8.24. The van der Waals surface area contributed by atoms with Gasteiger partial charge in [-0.1, -0.05) is 13.8 Å². The molecule has 0 radical (unpaired) electrons. The molecule has 0 aromatic heterocycles. The fourth-order valence-electron chi connectivity index (χ4n) is 1.21. The minimum atomic E-state index is -0.390. The second-order valence-electron chi connectivity index (χ2n) is 5.27. The van der Waals surface area contributed by atoms with Crippen LogP contribution < -0.4 is 11.1 Å². The Morgan fingerprint density at radius 1 is 1.40 bits per heavy atom. The number of carbonyl (C=O) groups excluding carboxylic acids is 1. The van der Waals surface area contributed by atoms with Crippen molar-refractivity contribution in [1.82, 2.24) is 5.32 Å². The van der Waals surface area contributed by atoms with Crippen molar-refractivity contribution in [2.24, 2.45) is 11.7 Å². The molecule has 1 atom stereocenters. The van der Waals surface area contributed by atoms with Crippen molar-refractivity contribution in [1.29, 1.82) is 0 Å². The van der Waals surface area contributed by atoms with Crippen LogP contribution in [0.1, 0.15) is 41.0 Å². The van der Waals surface area contributed by atoms with E-state index in [-0.39, 0.29) is 11.6 Å². The fraction of sp³-hybridized carbons (Fsp3) is 0.909. The SMILES string of the molecule is CC(C)CC(CN)OC(=O)NC(C)(C)C. The normalized spacial score (nSPS) is 13.8. The van der Waals surface area contributed by atoms with Gasteiger partial charge in [0.2, 0.25) is 0 Å². The molecule has 1 amide bonds. The van der Waals surface area contributed by atoms with Crippen LogP contribution in [0.25, 0.3) is 0 Å². The average molecular weight is 216 g/mol. The summed E-state index contributed by atoms with van der Waals surface area (Å²) in [5, 5.41) is 2.74. The van der Waals surface area contributed by atoms with E-state index < -0.39 is 6.09 Å². The second kappa shape index (κ2) is 5.95. The summed E-state index contributed by atoms with van der Waals surface area (Å²) in [6, 6.07) is 0. The monoisotopic (exact) mass is 216 g/mol. The number of nitrogens with one attached hydrogen (secondary N) is 1. The molecule has 0 heterocycles. The molecule has 0 aliphatic rings. The van der Waals surface area contributed by atoms with Gasteiger partial charge in [0.05, 0.1) is 0 Å². The van der Waals surface area contributed by atoms with E-state index in [1.807, 2.05) is 20.8 Å². The quantitative estimate of drug-likeness (QED) is 0.754. The first-order valence-electron chi connectivity index (χ1n) is 5.43. The molecule has 0 rings (SSSR count). The van der Waals surface area contributed by atoms with E-state index in [0.717, 1.165) is 6.42 Å². The van der Waals surface area contributed by atoms with Crippen molar-refractivity contribution in [3.8, 4) is 0 Å². The summed E-state index contributed by atoms with van der Waals surface area (Å²) >= 11 is 0. The molecule has 0 aromatic carbocycles. The zero-order chi connectivity index (χ0) is 12.1. The van der Waals surface area contributed by atoms with Crippen molar-refractivity contribution in [3.63, 3.8) is 0 Å². The Hall–Kier alpha value is -0.770. The van der Waals surface area contributed by atoms with Crippen molar-refractivity contribution in [3.05, 3.63) is 0 Å². The van der Waals surface area contributed by atoms with Gasteiger partial charge < -0.3 is 15.8 Å². The van der Waals surface area contributed by atoms with Gasteiger partial charge in [-0.05, 0) is 33.1 Å². The van der Waals surface area contributed by atoms with E-state index in [0.29, 0.717) is 12.5 Å². The Labute approximate surface area is 92.6 Å². The van der Waals surface area contributed by atoms with Gasteiger partial charge in [-0.25, -0.2) is 4.79 Å². The first-order chi connectivity index (χ1) is 6.74. The standard InChI is InChI=1S/C11H24N2O2/c1-8(2)6-9(7-12)15-10(14)13-11(3,4)5/h8-9H,6-7,12H2,1-5H3,(H,13,14). The van der Waals surface area contributed by atoms with Crippen LogP contribution in [-0.4, -0.2) is 24.3 Å². The summed E-state index contributed by atoms with van der Waals surface area (Å²) in [6.07, 6.45) is 0.222. The summed E-state index contributed by atoms with van der Waals surface area (Å²) in [5.74, 6) is 0.473. The van der Waals surface area contributed by atoms with Crippen LogP contribution in [0.5, 0.6) is 0 Å². The lowest BCUT2D eigenvalue weighted by atomic mass is 10.1. The van der Waals surface area contributed by atoms with Gasteiger partial charge in [-0.15, -0.1) is 0 Å². The molecule has 3 N–H and O–H groups in total. The molecule has 0 bridgehead atoms. The minimum Gasteiger partial charge on any atom is -0.445 e. The van der Waals surface area contributed by atoms with Crippen LogP contribution in [0.3, 0.4) is 0 Å². The predicted octanol–water partition coefficient (Wildman–Crippen LogP) is 1.88. The smallest absolute Gasteiger partial charge is 0.407 e. The van der Waals surface area contributed by atoms with Gasteiger partial charge in [-0.3, -0.25) is 0 Å². The maximum atomic E-state index is 11.4. The largest absolute Gasteiger partial charge is 0.445 e. The van der Waals surface area contributed by atoms with Crippen LogP contribution in [0.15, 0.2) is 0 Å². The number of carbonyl (C=O) groups is 1. The van der Waals surface area contributed by atoms with Gasteiger partial charge in [-0.2, -0.15) is 0 Å². The Morgan fingerprint density at radius 3 is 2.27 bits per heavy atom. The number of nitrogens with two attached hydrogens (primary N) is 1. The summed E-state index contributed by atoms with van der Waals surface area (Å²) in [7, 11) is 0. The second-order valence-corrected chi connectivity index (χ2v) is 5.27. The fourth-order valence-corrected chi connectivity index (χ4v) is 1.21. The van der Waals surface area contributed by atoms with Crippen molar-refractivity contribution in [2.75, 3.05) is 6.54 Å². The van der Waals surface area contributed by atoms with Gasteiger partial charge in [0.25, 0.3) is 0 Å². The summed E-state index contributed by atoms with van der Waals surface area (Å²) in [6.45, 7) is 10.3. The molecular weight excluding hydrogens is 192 g/mol. The molecule has 0 saturated carbocycles. The lowest BCUT2D eigenvalue weighted by molar-refractivity contribution is 0.0839. The number of ether oxygens (including phenoxy) is 1. The van der Waals surface area contributed by atoms with E-state index in [9.17, 15) is 4.79 Å². The highest BCUT2D eigenvalue weighted by molar-refractivity contribution is 5.68. The van der Waals surface area contributed by atoms with Crippen LogP contribution in [0, 0.1) is 5.92 Å².